The Morgan fingerprint density at radius 1 is 1.24 bits per heavy atom. The zero-order valence-electron chi connectivity index (χ0n) is 11.8. The number of hydrogen-bond acceptors (Lipinski definition) is 4. The molecular formula is C14H17ClN2O2S2. The molecule has 0 atom stereocenters. The first-order valence-electron chi connectivity index (χ1n) is 6.39. The molecule has 0 saturated carbocycles. The maximum atomic E-state index is 12.3. The highest BCUT2D eigenvalue weighted by Gasteiger charge is 2.16. The molecule has 21 heavy (non-hydrogen) atoms. The lowest BCUT2D eigenvalue weighted by atomic mass is 10.2. The summed E-state index contributed by atoms with van der Waals surface area (Å²) >= 11 is 7.59. The lowest BCUT2D eigenvalue weighted by molar-refractivity contribution is 0.581. The quantitative estimate of drug-likeness (QED) is 0.847. The van der Waals surface area contributed by atoms with Crippen molar-refractivity contribution in [2.45, 2.75) is 24.9 Å². The molecule has 1 aromatic heterocycles. The Balaban J connectivity index is 2.19. The average Bonchev–Trinajstić information content (AvgIpc) is 2.85. The maximum Gasteiger partial charge on any atom is 0.240 e. The normalized spacial score (nSPS) is 11.8. The zero-order valence-corrected chi connectivity index (χ0v) is 14.2. The first-order chi connectivity index (χ1) is 9.94. The summed E-state index contributed by atoms with van der Waals surface area (Å²) in [5.41, 5.74) is 1.85. The van der Waals surface area contributed by atoms with Gasteiger partial charge in [-0.3, -0.25) is 0 Å². The molecular weight excluding hydrogens is 328 g/mol. The van der Waals surface area contributed by atoms with Crippen LogP contribution < -0.4 is 10.0 Å². The topological polar surface area (TPSA) is 58.2 Å². The standard InChI is InChI=1S/C14H17ClN2O2S2/c1-10-5-6-20-14(10)9-17-21(18,19)12-3-4-13(15)11(7-12)8-16-2/h3-7,16-17H,8-9H2,1-2H3. The van der Waals surface area contributed by atoms with E-state index in [1.807, 2.05) is 18.4 Å². The highest BCUT2D eigenvalue weighted by Crippen LogP contribution is 2.21. The van der Waals surface area contributed by atoms with Crippen LogP contribution in [0.4, 0.5) is 0 Å². The van der Waals surface area contributed by atoms with E-state index in [4.69, 9.17) is 11.6 Å². The van der Waals surface area contributed by atoms with Crippen molar-refractivity contribution in [1.29, 1.82) is 0 Å². The van der Waals surface area contributed by atoms with Crippen LogP contribution in [0, 0.1) is 6.92 Å². The maximum absolute atomic E-state index is 12.3. The van der Waals surface area contributed by atoms with Gasteiger partial charge < -0.3 is 5.32 Å². The molecule has 0 bridgehead atoms. The van der Waals surface area contributed by atoms with E-state index >= 15 is 0 Å². The number of benzene rings is 1. The van der Waals surface area contributed by atoms with Gasteiger partial charge in [-0.25, -0.2) is 13.1 Å². The molecule has 0 aliphatic heterocycles. The summed E-state index contributed by atoms with van der Waals surface area (Å²) in [4.78, 5) is 1.24. The average molecular weight is 345 g/mol. The van der Waals surface area contributed by atoms with Crippen molar-refractivity contribution < 1.29 is 8.42 Å². The van der Waals surface area contributed by atoms with Crippen LogP contribution in [0.5, 0.6) is 0 Å². The second-order valence-corrected chi connectivity index (χ2v) is 7.81. The predicted octanol–water partition coefficient (Wildman–Crippen LogP) is 2.91. The predicted molar refractivity (Wildman–Crippen MR) is 87.3 cm³/mol. The van der Waals surface area contributed by atoms with Crippen molar-refractivity contribution in [2.75, 3.05) is 7.05 Å². The van der Waals surface area contributed by atoms with Crippen LogP contribution in [0.2, 0.25) is 5.02 Å². The Morgan fingerprint density at radius 3 is 2.62 bits per heavy atom. The Morgan fingerprint density at radius 2 is 2.00 bits per heavy atom. The number of rotatable bonds is 6. The minimum absolute atomic E-state index is 0.228. The molecule has 0 saturated heterocycles. The van der Waals surface area contributed by atoms with E-state index in [0.717, 1.165) is 16.0 Å². The summed E-state index contributed by atoms with van der Waals surface area (Å²) in [6.07, 6.45) is 0. The van der Waals surface area contributed by atoms with E-state index in [0.29, 0.717) is 18.1 Å². The van der Waals surface area contributed by atoms with E-state index in [-0.39, 0.29) is 4.90 Å². The van der Waals surface area contributed by atoms with Gasteiger partial charge >= 0.3 is 0 Å². The van der Waals surface area contributed by atoms with Crippen molar-refractivity contribution >= 4 is 33.0 Å². The van der Waals surface area contributed by atoms with Gasteiger partial charge in [0.2, 0.25) is 10.0 Å². The molecule has 0 fully saturated rings. The number of aryl methyl sites for hydroxylation is 1. The highest BCUT2D eigenvalue weighted by molar-refractivity contribution is 7.89. The Hall–Kier alpha value is -0.920. The molecule has 114 valence electrons. The van der Waals surface area contributed by atoms with Gasteiger partial charge in [0.05, 0.1) is 4.90 Å². The fourth-order valence-electron chi connectivity index (χ4n) is 1.87. The summed E-state index contributed by atoms with van der Waals surface area (Å²) in [6.45, 7) is 2.79. The molecule has 2 rings (SSSR count). The molecule has 2 aromatic rings. The molecule has 2 N–H and O–H groups in total. The van der Waals surface area contributed by atoms with Crippen LogP contribution in [-0.2, 0) is 23.1 Å². The fourth-order valence-corrected chi connectivity index (χ4v) is 4.04. The number of thiophene rings is 1. The number of sulfonamides is 1. The lowest BCUT2D eigenvalue weighted by Crippen LogP contribution is -2.23. The van der Waals surface area contributed by atoms with Gasteiger partial charge in [-0.15, -0.1) is 11.3 Å². The van der Waals surface area contributed by atoms with Crippen LogP contribution in [0.15, 0.2) is 34.5 Å². The summed E-state index contributed by atoms with van der Waals surface area (Å²) in [5, 5.41) is 5.47. The van der Waals surface area contributed by atoms with Crippen LogP contribution in [0.25, 0.3) is 0 Å². The minimum Gasteiger partial charge on any atom is -0.316 e. The van der Waals surface area contributed by atoms with Crippen molar-refractivity contribution in [3.05, 3.63) is 50.7 Å². The molecule has 7 heteroatoms. The summed E-state index contributed by atoms with van der Waals surface area (Å²) in [6, 6.07) is 6.70. The smallest absolute Gasteiger partial charge is 0.240 e. The van der Waals surface area contributed by atoms with Gasteiger partial charge in [-0.05, 0) is 54.7 Å². The van der Waals surface area contributed by atoms with Crippen LogP contribution in [0.3, 0.4) is 0 Å². The third-order valence-electron chi connectivity index (χ3n) is 3.09. The lowest BCUT2D eigenvalue weighted by Gasteiger charge is -2.09. The van der Waals surface area contributed by atoms with Gasteiger partial charge in [0.25, 0.3) is 0 Å². The monoisotopic (exact) mass is 344 g/mol. The zero-order chi connectivity index (χ0) is 15.5. The Bertz CT molecular complexity index is 726. The number of hydrogen-bond donors (Lipinski definition) is 2. The summed E-state index contributed by atoms with van der Waals surface area (Å²) in [7, 11) is -1.75. The van der Waals surface area contributed by atoms with E-state index in [9.17, 15) is 8.42 Å². The van der Waals surface area contributed by atoms with Crippen molar-refractivity contribution in [3.8, 4) is 0 Å². The van der Waals surface area contributed by atoms with Gasteiger partial charge in [0.1, 0.15) is 0 Å². The summed E-state index contributed by atoms with van der Waals surface area (Å²) in [5.74, 6) is 0. The molecule has 0 aliphatic rings. The molecule has 0 radical (unpaired) electrons. The largest absolute Gasteiger partial charge is 0.316 e. The molecule has 1 aromatic carbocycles. The second kappa shape index (κ2) is 6.89. The fraction of sp³-hybridized carbons (Fsp3) is 0.286. The van der Waals surface area contributed by atoms with Crippen molar-refractivity contribution in [1.82, 2.24) is 10.0 Å². The molecule has 4 nitrogen and oxygen atoms in total. The van der Waals surface area contributed by atoms with E-state index in [2.05, 4.69) is 10.0 Å². The third kappa shape index (κ3) is 4.05. The van der Waals surface area contributed by atoms with Crippen LogP contribution >= 0.6 is 22.9 Å². The van der Waals surface area contributed by atoms with Crippen LogP contribution in [0.1, 0.15) is 16.0 Å². The second-order valence-electron chi connectivity index (χ2n) is 4.63. The van der Waals surface area contributed by atoms with Gasteiger partial charge in [-0.2, -0.15) is 0 Å². The molecule has 0 spiro atoms. The SMILES string of the molecule is CNCc1cc(S(=O)(=O)NCc2sccc2C)ccc1Cl. The Kier molecular flexibility index (Phi) is 5.40. The third-order valence-corrected chi connectivity index (χ3v) is 5.88. The van der Waals surface area contributed by atoms with Crippen LogP contribution in [-0.4, -0.2) is 15.5 Å². The van der Waals surface area contributed by atoms with Gasteiger partial charge in [-0.1, -0.05) is 11.6 Å². The van der Waals surface area contributed by atoms with E-state index in [1.54, 1.807) is 30.5 Å². The highest BCUT2D eigenvalue weighted by atomic mass is 35.5. The molecule has 0 amide bonds. The first kappa shape index (κ1) is 16.5. The van der Waals surface area contributed by atoms with Gasteiger partial charge in [0, 0.05) is 23.0 Å². The first-order valence-corrected chi connectivity index (χ1v) is 9.14. The van der Waals surface area contributed by atoms with Crippen molar-refractivity contribution in [2.24, 2.45) is 0 Å². The number of nitrogens with one attached hydrogen (secondary N) is 2. The molecule has 1 heterocycles. The van der Waals surface area contributed by atoms with Crippen molar-refractivity contribution in [3.63, 3.8) is 0 Å². The van der Waals surface area contributed by atoms with E-state index in [1.165, 1.54) is 6.07 Å². The molecule has 0 aliphatic carbocycles. The summed E-state index contributed by atoms with van der Waals surface area (Å²) < 4.78 is 27.3. The minimum atomic E-state index is -3.54. The van der Waals surface area contributed by atoms with E-state index < -0.39 is 10.0 Å². The van der Waals surface area contributed by atoms with Gasteiger partial charge in [0.15, 0.2) is 0 Å². The Labute approximate surface area is 134 Å². The number of halogens is 1. The molecule has 0 unspecified atom stereocenters.